The van der Waals surface area contributed by atoms with Crippen LogP contribution in [0.5, 0.6) is 17.4 Å². The van der Waals surface area contributed by atoms with E-state index in [0.29, 0.717) is 14.8 Å². The molecule has 0 saturated heterocycles. The lowest BCUT2D eigenvalue weighted by atomic mass is 10.1. The van der Waals surface area contributed by atoms with Crippen LogP contribution in [-0.4, -0.2) is 30.7 Å². The summed E-state index contributed by atoms with van der Waals surface area (Å²) in [4.78, 5) is 49.7. The van der Waals surface area contributed by atoms with Crippen molar-refractivity contribution in [1.29, 1.82) is 5.26 Å². The quantitative estimate of drug-likeness (QED) is 0.249. The van der Waals surface area contributed by atoms with Gasteiger partial charge < -0.3 is 14.2 Å². The van der Waals surface area contributed by atoms with Gasteiger partial charge in [-0.25, -0.2) is 19.3 Å². The van der Waals surface area contributed by atoms with Gasteiger partial charge in [-0.2, -0.15) is 9.94 Å². The summed E-state index contributed by atoms with van der Waals surface area (Å²) in [5.74, 6) is 0.0218. The predicted molar refractivity (Wildman–Crippen MR) is 141 cm³/mol. The molecule has 0 fully saturated rings. The number of carbonyl (C=O) groups is 1. The molecule has 0 saturated carbocycles. The molecule has 0 aliphatic carbocycles. The minimum absolute atomic E-state index is 0.00926. The lowest BCUT2D eigenvalue weighted by molar-refractivity contribution is 0.0681. The van der Waals surface area contributed by atoms with Crippen molar-refractivity contribution < 1.29 is 19.0 Å². The minimum atomic E-state index is -1.19. The summed E-state index contributed by atoms with van der Waals surface area (Å²) < 4.78 is 16.7. The number of hydrogen-bond acceptors (Lipinski definition) is 10. The van der Waals surface area contributed by atoms with Crippen molar-refractivity contribution in [3.8, 4) is 29.1 Å². The van der Waals surface area contributed by atoms with E-state index in [1.54, 1.807) is 24.3 Å². The average Bonchev–Trinajstić information content (AvgIpc) is 2.92. The van der Waals surface area contributed by atoms with Gasteiger partial charge in [0.1, 0.15) is 11.8 Å². The molecule has 13 nitrogen and oxygen atoms in total. The second kappa shape index (κ2) is 11.9. The van der Waals surface area contributed by atoms with Gasteiger partial charge in [-0.3, -0.25) is 9.59 Å². The van der Waals surface area contributed by atoms with E-state index in [1.807, 2.05) is 13.8 Å². The molecule has 204 valence electrons. The van der Waals surface area contributed by atoms with Crippen LogP contribution < -0.4 is 26.3 Å². The molecule has 0 amide bonds. The number of para-hydroxylation sites is 1. The van der Waals surface area contributed by atoms with Crippen molar-refractivity contribution >= 4 is 29.4 Å². The van der Waals surface area contributed by atoms with Crippen LogP contribution in [0.3, 0.4) is 0 Å². The second-order valence-corrected chi connectivity index (χ2v) is 9.13. The summed E-state index contributed by atoms with van der Waals surface area (Å²) in [5.41, 5.74) is -2.83. The Morgan fingerprint density at radius 1 is 1.10 bits per heavy atom. The van der Waals surface area contributed by atoms with E-state index in [-0.39, 0.29) is 44.6 Å². The number of nitrogens with one attached hydrogen (secondary N) is 1. The molecule has 2 aromatic heterocycles. The van der Waals surface area contributed by atoms with E-state index in [2.05, 4.69) is 15.3 Å². The molecule has 2 heterocycles. The van der Waals surface area contributed by atoms with Crippen molar-refractivity contribution in [3.63, 3.8) is 0 Å². The van der Waals surface area contributed by atoms with Gasteiger partial charge in [-0.1, -0.05) is 55.2 Å². The Morgan fingerprint density at radius 3 is 2.40 bits per heavy atom. The number of halogens is 2. The topological polar surface area (TPSA) is 171 Å². The van der Waals surface area contributed by atoms with Crippen LogP contribution in [0.25, 0.3) is 5.69 Å². The number of benzene rings is 2. The number of carbonyl (C=O) groups excluding carboxylic acids is 1. The van der Waals surface area contributed by atoms with Crippen molar-refractivity contribution in [2.24, 2.45) is 0 Å². The zero-order valence-corrected chi connectivity index (χ0v) is 22.3. The van der Waals surface area contributed by atoms with Crippen LogP contribution in [0.4, 0.5) is 4.79 Å². The van der Waals surface area contributed by atoms with Crippen LogP contribution in [-0.2, 0) is 11.5 Å². The third-order valence-electron chi connectivity index (χ3n) is 5.29. The molecule has 2 aromatic carbocycles. The first kappa shape index (κ1) is 28.1. The van der Waals surface area contributed by atoms with Crippen molar-refractivity contribution in [3.05, 3.63) is 101 Å². The van der Waals surface area contributed by atoms with Gasteiger partial charge in [0.15, 0.2) is 12.5 Å². The molecule has 1 N–H and O–H groups in total. The normalized spacial score (nSPS) is 10.7. The van der Waals surface area contributed by atoms with E-state index in [0.717, 1.165) is 0 Å². The van der Waals surface area contributed by atoms with Crippen LogP contribution in [0.15, 0.2) is 62.9 Å². The van der Waals surface area contributed by atoms with E-state index in [9.17, 15) is 24.4 Å². The molecule has 15 heteroatoms. The smallest absolute Gasteiger partial charge is 0.434 e. The highest BCUT2D eigenvalue weighted by Crippen LogP contribution is 2.37. The Balaban J connectivity index is 1.66. The van der Waals surface area contributed by atoms with E-state index >= 15 is 0 Å². The number of H-pyrrole nitrogens is 1. The first-order chi connectivity index (χ1) is 19.1. The lowest BCUT2D eigenvalue weighted by Crippen LogP contribution is -2.43. The maximum atomic E-state index is 13.1. The van der Waals surface area contributed by atoms with Crippen molar-refractivity contribution in [2.45, 2.75) is 26.5 Å². The molecule has 40 heavy (non-hydrogen) atoms. The lowest BCUT2D eigenvalue weighted by Gasteiger charge is -2.14. The van der Waals surface area contributed by atoms with Gasteiger partial charge in [-0.05, 0) is 30.2 Å². The number of nitrogens with zero attached hydrogens (tertiary/aromatic N) is 5. The summed E-state index contributed by atoms with van der Waals surface area (Å²) in [6, 6.07) is 13.5. The van der Waals surface area contributed by atoms with Gasteiger partial charge in [0, 0.05) is 11.6 Å². The molecule has 0 aliphatic rings. The maximum Gasteiger partial charge on any atom is 0.515 e. The zero-order valence-electron chi connectivity index (χ0n) is 20.8. The number of nitriles is 1. The maximum absolute atomic E-state index is 13.1. The predicted octanol–water partition coefficient (Wildman–Crippen LogP) is 3.74. The summed E-state index contributed by atoms with van der Waals surface area (Å²) >= 11 is 12.7. The number of rotatable bonds is 7. The average molecular weight is 585 g/mol. The first-order valence-corrected chi connectivity index (χ1v) is 12.2. The Labute approximate surface area is 234 Å². The van der Waals surface area contributed by atoms with E-state index in [4.69, 9.17) is 37.4 Å². The van der Waals surface area contributed by atoms with Crippen LogP contribution in [0.2, 0.25) is 10.0 Å². The van der Waals surface area contributed by atoms with E-state index < -0.39 is 29.8 Å². The van der Waals surface area contributed by atoms with E-state index in [1.165, 1.54) is 30.3 Å². The summed E-state index contributed by atoms with van der Waals surface area (Å²) in [6.45, 7) is 2.76. The molecule has 0 spiro atoms. The van der Waals surface area contributed by atoms with Gasteiger partial charge >= 0.3 is 11.8 Å². The third kappa shape index (κ3) is 6.04. The fourth-order valence-corrected chi connectivity index (χ4v) is 3.90. The van der Waals surface area contributed by atoms with Gasteiger partial charge in [0.2, 0.25) is 11.6 Å². The Morgan fingerprint density at radius 2 is 1.77 bits per heavy atom. The van der Waals surface area contributed by atoms with Crippen LogP contribution in [0.1, 0.15) is 31.0 Å². The SMILES string of the molecule is CC(C)c1cc(Oc2c(Cl)cc(-n3nc(C#N)c(=O)n(COC(=O)Oc4ccccc4)c3=O)cc2Cl)n[nH]c1=O. The molecule has 0 radical (unpaired) electrons. The molecule has 0 aliphatic heterocycles. The van der Waals surface area contributed by atoms with Gasteiger partial charge in [-0.15, -0.1) is 10.2 Å². The highest BCUT2D eigenvalue weighted by Gasteiger charge is 2.20. The van der Waals surface area contributed by atoms with Gasteiger partial charge in [0.05, 0.1) is 15.7 Å². The number of hydrogen-bond donors (Lipinski definition) is 1. The largest absolute Gasteiger partial charge is 0.515 e. The molecular formula is C25H18Cl2N6O7. The summed E-state index contributed by atoms with van der Waals surface area (Å²) in [5, 5.41) is 19.2. The number of aromatic nitrogens is 5. The van der Waals surface area contributed by atoms with Gasteiger partial charge in [0.25, 0.3) is 11.1 Å². The number of ether oxygens (including phenoxy) is 3. The summed E-state index contributed by atoms with van der Waals surface area (Å²) in [6.07, 6.45) is -1.19. The molecule has 4 aromatic rings. The first-order valence-electron chi connectivity index (χ1n) is 11.4. The fraction of sp³-hybridized carbons (Fsp3) is 0.160. The molecule has 0 bridgehead atoms. The zero-order chi connectivity index (χ0) is 29.0. The molecule has 0 atom stereocenters. The number of aromatic amines is 1. The second-order valence-electron chi connectivity index (χ2n) is 8.31. The summed E-state index contributed by atoms with van der Waals surface area (Å²) in [7, 11) is 0. The minimum Gasteiger partial charge on any atom is -0.434 e. The van der Waals surface area contributed by atoms with Crippen molar-refractivity contribution in [2.75, 3.05) is 0 Å². The van der Waals surface area contributed by atoms with Crippen molar-refractivity contribution in [1.82, 2.24) is 24.5 Å². The fourth-order valence-electron chi connectivity index (χ4n) is 3.35. The third-order valence-corrected chi connectivity index (χ3v) is 5.85. The molecule has 4 rings (SSSR count). The highest BCUT2D eigenvalue weighted by atomic mass is 35.5. The monoisotopic (exact) mass is 584 g/mol. The molecular weight excluding hydrogens is 567 g/mol. The van der Waals surface area contributed by atoms with Crippen LogP contribution in [0, 0.1) is 11.3 Å². The Bertz CT molecular complexity index is 1790. The molecule has 0 unspecified atom stereocenters. The Hall–Kier alpha value is -4.93. The standard InChI is InChI=1S/C25H18Cl2N6O7/c1-13(2)16-10-20(29-30-22(16)34)40-21-17(26)8-14(9-18(21)27)33-24(36)32(23(35)19(11-28)31-33)12-38-25(37)39-15-6-4-3-5-7-15/h3-10,13H,12H2,1-2H3,(H,30,34). The Kier molecular flexibility index (Phi) is 8.32. The highest BCUT2D eigenvalue weighted by molar-refractivity contribution is 6.37. The van der Waals surface area contributed by atoms with Crippen LogP contribution >= 0.6 is 23.2 Å².